The molecule has 0 saturated heterocycles. The van der Waals surface area contributed by atoms with E-state index in [1.54, 1.807) is 60.7 Å². The molecule has 0 aromatic heterocycles. The van der Waals surface area contributed by atoms with E-state index in [-0.39, 0.29) is 40.2 Å². The molecule has 3 unspecified atom stereocenters. The third-order valence-electron chi connectivity index (χ3n) is 9.75. The molecule has 0 heterocycles. The van der Waals surface area contributed by atoms with Gasteiger partial charge in [-0.1, -0.05) is 60.7 Å². The predicted molar refractivity (Wildman–Crippen MR) is 253 cm³/mol. The highest BCUT2D eigenvalue weighted by molar-refractivity contribution is 7.80. The number of carboxylic acids is 5. The number of benzene rings is 2. The highest BCUT2D eigenvalue weighted by Crippen LogP contribution is 2.09. The maximum absolute atomic E-state index is 13.9. The molecular formula is C42H57N10O17PS. The van der Waals surface area contributed by atoms with Crippen molar-refractivity contribution in [2.24, 2.45) is 5.73 Å². The molecule has 27 nitrogen and oxygen atoms in total. The number of aliphatic carboxylic acids is 5. The van der Waals surface area contributed by atoms with Crippen molar-refractivity contribution in [1.82, 2.24) is 47.6 Å². The van der Waals surface area contributed by atoms with Crippen LogP contribution in [-0.2, 0) is 65.6 Å². The molecule has 29 heteroatoms. The Morgan fingerprint density at radius 1 is 0.521 bits per heavy atom. The summed E-state index contributed by atoms with van der Waals surface area (Å²) in [5.74, 6) is -12.8. The van der Waals surface area contributed by atoms with Gasteiger partial charge in [0, 0.05) is 44.3 Å². The van der Waals surface area contributed by atoms with E-state index in [2.05, 4.69) is 49.6 Å². The fourth-order valence-corrected chi connectivity index (χ4v) is 6.98. The van der Waals surface area contributed by atoms with Gasteiger partial charge in [-0.25, -0.2) is 19.2 Å². The summed E-state index contributed by atoms with van der Waals surface area (Å²) < 4.78 is 0. The van der Waals surface area contributed by atoms with Crippen LogP contribution in [0.2, 0.25) is 0 Å². The standard InChI is InChI=1S/C42H57N10O17PS/c43-24(35(59)48-29(17-34(57)58)38(62)50-30(20-71)41(67)68)18-44-36(60)27(15-22-7-3-1-4-8-22)49-37(61)28(16-23-9-5-2-6-10-23)47-32(54)19-46-70-21-45-31(53)13-11-25(39(63)64)51-42(69)52-26(40(65)66)12-14-33(55)56/h1-10,24-30,46,70-71H,11-21,43H2,(H,44,60)(H,45,53)(H,47,54)(H,48,59)(H,49,61)(H,50,62)(H,55,56)(H,57,58)(H,63,64)(H,65,66)(H,67,68)(H2,51,52,69)/t24-,25-,26-,27-,28-,29?,30?/m0/s1. The Bertz CT molecular complexity index is 2200. The normalized spacial score (nSPS) is 13.8. The zero-order valence-corrected chi connectivity index (χ0v) is 39.6. The Kier molecular flexibility index (Phi) is 26.6. The highest BCUT2D eigenvalue weighted by Gasteiger charge is 2.32. The number of hydrogen-bond acceptors (Lipinski definition) is 15. The number of rotatable bonds is 33. The summed E-state index contributed by atoms with van der Waals surface area (Å²) in [5, 5.41) is 67.3. The van der Waals surface area contributed by atoms with Crippen molar-refractivity contribution in [1.29, 1.82) is 0 Å². The maximum Gasteiger partial charge on any atom is 0.327 e. The van der Waals surface area contributed by atoms with Gasteiger partial charge in [-0.2, -0.15) is 12.6 Å². The number of amides is 8. The van der Waals surface area contributed by atoms with Crippen molar-refractivity contribution in [2.45, 2.75) is 87.2 Å². The van der Waals surface area contributed by atoms with Gasteiger partial charge >= 0.3 is 35.9 Å². The van der Waals surface area contributed by atoms with E-state index < -0.39 is 152 Å². The molecule has 0 aliphatic rings. The molecule has 2 aromatic rings. The molecule has 0 saturated carbocycles. The molecule has 8 amide bonds. The van der Waals surface area contributed by atoms with Crippen molar-refractivity contribution < 1.29 is 83.1 Å². The van der Waals surface area contributed by atoms with Crippen LogP contribution in [0.5, 0.6) is 0 Å². The Morgan fingerprint density at radius 3 is 1.49 bits per heavy atom. The average Bonchev–Trinajstić information content (AvgIpc) is 3.31. The average molecular weight is 1040 g/mol. The minimum atomic E-state index is -1.75. The van der Waals surface area contributed by atoms with E-state index in [1.807, 2.05) is 10.6 Å². The van der Waals surface area contributed by atoms with E-state index in [0.717, 1.165) is 0 Å². The molecule has 388 valence electrons. The van der Waals surface area contributed by atoms with Gasteiger partial charge in [0.2, 0.25) is 35.4 Å². The van der Waals surface area contributed by atoms with Gasteiger partial charge in [0.15, 0.2) is 0 Å². The molecule has 0 aliphatic carbocycles. The first kappa shape index (κ1) is 59.7. The fourth-order valence-electron chi connectivity index (χ4n) is 6.04. The third-order valence-corrected chi connectivity index (χ3v) is 10.9. The van der Waals surface area contributed by atoms with Crippen molar-refractivity contribution in [3.63, 3.8) is 0 Å². The lowest BCUT2D eigenvalue weighted by atomic mass is 10.0. The summed E-state index contributed by atoms with van der Waals surface area (Å²) in [6.45, 7) is -0.929. The first-order chi connectivity index (χ1) is 33.6. The zero-order valence-electron chi connectivity index (χ0n) is 37.8. The fraction of sp³-hybridized carbons (Fsp3) is 0.429. The van der Waals surface area contributed by atoms with Crippen LogP contribution in [0.4, 0.5) is 4.79 Å². The van der Waals surface area contributed by atoms with E-state index in [9.17, 15) is 78.0 Å². The molecule has 0 fully saturated rings. The van der Waals surface area contributed by atoms with E-state index in [1.165, 1.54) is 0 Å². The summed E-state index contributed by atoms with van der Waals surface area (Å²) >= 11 is 3.84. The molecule has 0 aliphatic heterocycles. The number of hydrogen-bond donors (Lipinski definition) is 16. The summed E-state index contributed by atoms with van der Waals surface area (Å²) in [4.78, 5) is 148. The largest absolute Gasteiger partial charge is 0.481 e. The van der Waals surface area contributed by atoms with Crippen LogP contribution in [0.3, 0.4) is 0 Å². The quantitative estimate of drug-likeness (QED) is 0.0187. The highest BCUT2D eigenvalue weighted by atomic mass is 32.1. The second kappa shape index (κ2) is 31.7. The molecule has 71 heavy (non-hydrogen) atoms. The van der Waals surface area contributed by atoms with Crippen molar-refractivity contribution in [2.75, 3.05) is 25.1 Å². The molecule has 0 bridgehead atoms. The van der Waals surface area contributed by atoms with Gasteiger partial charge in [-0.15, -0.1) is 0 Å². The van der Waals surface area contributed by atoms with Crippen molar-refractivity contribution >= 4 is 92.7 Å². The van der Waals surface area contributed by atoms with E-state index in [0.29, 0.717) is 11.1 Å². The molecular weight excluding hydrogens is 980 g/mol. The molecule has 8 atom stereocenters. The van der Waals surface area contributed by atoms with Crippen molar-refractivity contribution in [3.05, 3.63) is 71.8 Å². The first-order valence-electron chi connectivity index (χ1n) is 21.4. The molecule has 16 N–H and O–H groups in total. The number of carbonyl (C=O) groups is 12. The lowest BCUT2D eigenvalue weighted by Gasteiger charge is -2.24. The third kappa shape index (κ3) is 24.1. The van der Waals surface area contributed by atoms with E-state index in [4.69, 9.17) is 10.8 Å². The minimum absolute atomic E-state index is 0.0287. The van der Waals surface area contributed by atoms with Crippen LogP contribution in [-0.4, -0.2) is 164 Å². The van der Waals surface area contributed by atoms with Crippen LogP contribution >= 0.6 is 21.4 Å². The number of nitrogens with two attached hydrogens (primary N) is 1. The minimum Gasteiger partial charge on any atom is -0.481 e. The first-order valence-corrected chi connectivity index (χ1v) is 23.3. The monoisotopic (exact) mass is 1040 g/mol. The molecule has 0 radical (unpaired) electrons. The SMILES string of the molecule is N[C@@H](CNC(=O)[C@H](Cc1ccccc1)NC(=O)[C@H](Cc1ccccc1)NC(=O)CNPCNC(=O)CC[C@H](NC(=O)N[C@@H](CCC(=O)O)C(=O)O)C(=O)O)C(=O)NC(CC(=O)O)C(=O)NC(CS)C(=O)O. The summed E-state index contributed by atoms with van der Waals surface area (Å²) in [7, 11) is -0.268. The zero-order chi connectivity index (χ0) is 53.0. The second-order valence-electron chi connectivity index (χ2n) is 15.3. The Labute approximate surface area is 412 Å². The van der Waals surface area contributed by atoms with Crippen LogP contribution in [0.25, 0.3) is 0 Å². The smallest absolute Gasteiger partial charge is 0.327 e. The number of urea groups is 1. The lowest BCUT2D eigenvalue weighted by molar-refractivity contribution is -0.143. The van der Waals surface area contributed by atoms with Crippen LogP contribution in [0.15, 0.2) is 60.7 Å². The molecule has 2 aromatic carbocycles. The van der Waals surface area contributed by atoms with Gasteiger partial charge in [0.25, 0.3) is 0 Å². The van der Waals surface area contributed by atoms with Crippen LogP contribution < -0.4 is 53.4 Å². The predicted octanol–water partition coefficient (Wildman–Crippen LogP) is -3.55. The maximum atomic E-state index is 13.9. The van der Waals surface area contributed by atoms with Gasteiger partial charge in [-0.3, -0.25) is 43.4 Å². The van der Waals surface area contributed by atoms with Gasteiger partial charge in [0.1, 0.15) is 42.3 Å². The lowest BCUT2D eigenvalue weighted by Crippen LogP contribution is -2.58. The Hall–Kier alpha value is -7.42. The van der Waals surface area contributed by atoms with Crippen LogP contribution in [0, 0.1) is 0 Å². The summed E-state index contributed by atoms with van der Waals surface area (Å²) in [5.41, 5.74) is 7.22. The molecule has 0 spiro atoms. The number of nitrogens with one attached hydrogen (secondary N) is 9. The summed E-state index contributed by atoms with van der Waals surface area (Å²) in [6, 6.07) is 5.17. The summed E-state index contributed by atoms with van der Waals surface area (Å²) in [6.07, 6.45) is -2.93. The number of carbonyl (C=O) groups excluding carboxylic acids is 7. The number of carboxylic acid groups (broad SMARTS) is 5. The van der Waals surface area contributed by atoms with Crippen LogP contribution in [0.1, 0.15) is 43.2 Å². The van der Waals surface area contributed by atoms with E-state index >= 15 is 0 Å². The Balaban J connectivity index is 2.05. The van der Waals surface area contributed by atoms with Gasteiger partial charge in [0.05, 0.1) is 13.0 Å². The molecule has 2 rings (SSSR count). The second-order valence-corrected chi connectivity index (χ2v) is 16.8. The van der Waals surface area contributed by atoms with Gasteiger partial charge in [-0.05, 0) is 32.7 Å². The van der Waals surface area contributed by atoms with Gasteiger partial charge < -0.3 is 73.8 Å². The van der Waals surface area contributed by atoms with Crippen molar-refractivity contribution in [3.8, 4) is 0 Å². The topological polar surface area (TPSA) is 440 Å². The Morgan fingerprint density at radius 2 is 1.00 bits per heavy atom. The number of thiol groups is 1.